The van der Waals surface area contributed by atoms with Crippen molar-refractivity contribution in [1.29, 1.82) is 0 Å². The summed E-state index contributed by atoms with van der Waals surface area (Å²) in [5.41, 5.74) is 2.09. The molecule has 138 valence electrons. The van der Waals surface area contributed by atoms with Gasteiger partial charge in [0.25, 0.3) is 5.91 Å². The van der Waals surface area contributed by atoms with Gasteiger partial charge in [0.2, 0.25) is 5.91 Å². The van der Waals surface area contributed by atoms with Gasteiger partial charge in [0.15, 0.2) is 0 Å². The summed E-state index contributed by atoms with van der Waals surface area (Å²) >= 11 is 6.12. The number of hydrogen-bond donors (Lipinski definition) is 2. The molecule has 3 aromatic rings. The molecule has 27 heavy (non-hydrogen) atoms. The van der Waals surface area contributed by atoms with Crippen molar-refractivity contribution in [2.45, 2.75) is 12.8 Å². The van der Waals surface area contributed by atoms with Gasteiger partial charge in [-0.15, -0.1) is 0 Å². The molecule has 2 aromatic carbocycles. The maximum Gasteiger partial charge on any atom is 0.270 e. The Hall–Kier alpha value is -2.79. The molecule has 0 spiro atoms. The van der Waals surface area contributed by atoms with Gasteiger partial charge in [0, 0.05) is 24.0 Å². The van der Waals surface area contributed by atoms with Gasteiger partial charge in [-0.25, -0.2) is 0 Å². The van der Waals surface area contributed by atoms with Crippen molar-refractivity contribution in [2.24, 2.45) is 5.92 Å². The van der Waals surface area contributed by atoms with Crippen LogP contribution in [0.3, 0.4) is 0 Å². The van der Waals surface area contributed by atoms with Crippen molar-refractivity contribution >= 4 is 40.0 Å². The van der Waals surface area contributed by atoms with E-state index in [1.807, 2.05) is 42.5 Å². The monoisotopic (exact) mass is 381 g/mol. The third kappa shape index (κ3) is 3.69. The maximum atomic E-state index is 12.9. The van der Waals surface area contributed by atoms with Crippen LogP contribution in [0.4, 0.5) is 5.69 Å². The van der Waals surface area contributed by atoms with Gasteiger partial charge in [0.05, 0.1) is 16.6 Å². The van der Waals surface area contributed by atoms with Gasteiger partial charge in [-0.1, -0.05) is 41.9 Å². The van der Waals surface area contributed by atoms with Crippen LogP contribution in [0.1, 0.15) is 23.3 Å². The van der Waals surface area contributed by atoms with Crippen LogP contribution in [-0.2, 0) is 4.79 Å². The molecule has 4 rings (SSSR count). The number of para-hydroxylation sites is 2. The molecule has 2 amide bonds. The molecule has 6 heteroatoms. The van der Waals surface area contributed by atoms with Crippen molar-refractivity contribution in [3.8, 4) is 0 Å². The average Bonchev–Trinajstić information content (AvgIpc) is 3.13. The Morgan fingerprint density at radius 2 is 1.89 bits per heavy atom. The highest BCUT2D eigenvalue weighted by Crippen LogP contribution is 2.25. The fourth-order valence-electron chi connectivity index (χ4n) is 3.53. The minimum atomic E-state index is -0.247. The van der Waals surface area contributed by atoms with Crippen molar-refractivity contribution in [1.82, 2.24) is 9.88 Å². The number of rotatable bonds is 3. The number of fused-ring (bicyclic) bond motifs is 1. The summed E-state index contributed by atoms with van der Waals surface area (Å²) in [4.78, 5) is 30.5. The summed E-state index contributed by atoms with van der Waals surface area (Å²) in [7, 11) is 0. The molecule has 1 aromatic heterocycles. The van der Waals surface area contributed by atoms with E-state index in [1.54, 1.807) is 17.0 Å². The minimum Gasteiger partial charge on any atom is -0.351 e. The second kappa shape index (κ2) is 7.45. The molecule has 0 saturated carbocycles. The number of carbonyl (C=O) groups is 2. The van der Waals surface area contributed by atoms with Crippen molar-refractivity contribution < 1.29 is 9.59 Å². The van der Waals surface area contributed by atoms with Gasteiger partial charge < -0.3 is 15.2 Å². The van der Waals surface area contributed by atoms with Crippen LogP contribution in [0, 0.1) is 5.92 Å². The molecular weight excluding hydrogens is 362 g/mol. The average molecular weight is 382 g/mol. The number of halogens is 1. The van der Waals surface area contributed by atoms with E-state index in [-0.39, 0.29) is 17.7 Å². The topological polar surface area (TPSA) is 65.2 Å². The second-order valence-corrected chi connectivity index (χ2v) is 7.24. The number of nitrogens with one attached hydrogen (secondary N) is 2. The summed E-state index contributed by atoms with van der Waals surface area (Å²) in [5.74, 6) is -0.415. The Labute approximate surface area is 162 Å². The molecule has 1 fully saturated rings. The Morgan fingerprint density at radius 1 is 1.11 bits per heavy atom. The summed E-state index contributed by atoms with van der Waals surface area (Å²) < 4.78 is 0. The van der Waals surface area contributed by atoms with Crippen LogP contribution in [0.15, 0.2) is 54.6 Å². The van der Waals surface area contributed by atoms with Gasteiger partial charge in [-0.3, -0.25) is 9.59 Å². The van der Waals surface area contributed by atoms with Crippen LogP contribution < -0.4 is 5.32 Å². The zero-order chi connectivity index (χ0) is 18.8. The normalized spacial score (nSPS) is 17.1. The van der Waals surface area contributed by atoms with E-state index >= 15 is 0 Å². The molecule has 2 N–H and O–H groups in total. The first-order valence-electron chi connectivity index (χ1n) is 9.04. The number of anilines is 1. The number of aromatic amines is 1. The molecule has 1 atom stereocenters. The fraction of sp³-hybridized carbons (Fsp3) is 0.238. The predicted molar refractivity (Wildman–Crippen MR) is 107 cm³/mol. The van der Waals surface area contributed by atoms with Crippen LogP contribution in [0.5, 0.6) is 0 Å². The highest BCUT2D eigenvalue weighted by atomic mass is 35.5. The number of carbonyl (C=O) groups excluding carboxylic acids is 2. The molecule has 0 aliphatic carbocycles. The highest BCUT2D eigenvalue weighted by molar-refractivity contribution is 6.33. The molecule has 0 radical (unpaired) electrons. The fourth-order valence-corrected chi connectivity index (χ4v) is 3.71. The number of benzene rings is 2. The lowest BCUT2D eigenvalue weighted by atomic mass is 9.96. The Balaban J connectivity index is 1.46. The molecule has 5 nitrogen and oxygen atoms in total. The van der Waals surface area contributed by atoms with Crippen LogP contribution >= 0.6 is 11.6 Å². The van der Waals surface area contributed by atoms with Gasteiger partial charge in [-0.2, -0.15) is 0 Å². The van der Waals surface area contributed by atoms with Crippen molar-refractivity contribution in [2.75, 3.05) is 18.4 Å². The SMILES string of the molecule is O=C(Nc1ccccc1Cl)C1CCCN(C(=O)c2cc3ccccc3[nH]2)C1. The third-order valence-corrected chi connectivity index (χ3v) is 5.30. The number of H-pyrrole nitrogens is 1. The zero-order valence-electron chi connectivity index (χ0n) is 14.7. The number of piperidine rings is 1. The number of hydrogen-bond acceptors (Lipinski definition) is 2. The van der Waals surface area contributed by atoms with E-state index in [1.165, 1.54) is 0 Å². The number of nitrogens with zero attached hydrogens (tertiary/aromatic N) is 1. The van der Waals surface area contributed by atoms with E-state index in [0.717, 1.165) is 23.7 Å². The summed E-state index contributed by atoms with van der Waals surface area (Å²) in [5, 5.41) is 4.40. The van der Waals surface area contributed by atoms with E-state index in [0.29, 0.717) is 29.5 Å². The van der Waals surface area contributed by atoms with Gasteiger partial charge in [0.1, 0.15) is 5.69 Å². The minimum absolute atomic E-state index is 0.0681. The molecule has 2 heterocycles. The lowest BCUT2D eigenvalue weighted by Gasteiger charge is -2.31. The van der Waals surface area contributed by atoms with Crippen molar-refractivity contribution in [3.05, 3.63) is 65.3 Å². The smallest absolute Gasteiger partial charge is 0.270 e. The van der Waals surface area contributed by atoms with E-state index in [4.69, 9.17) is 11.6 Å². The van der Waals surface area contributed by atoms with Crippen LogP contribution in [-0.4, -0.2) is 34.8 Å². The molecular formula is C21H20ClN3O2. The quantitative estimate of drug-likeness (QED) is 0.709. The Kier molecular flexibility index (Phi) is 4.86. The summed E-state index contributed by atoms with van der Waals surface area (Å²) in [6.45, 7) is 1.06. The van der Waals surface area contributed by atoms with E-state index in [2.05, 4.69) is 10.3 Å². The highest BCUT2D eigenvalue weighted by Gasteiger charge is 2.29. The predicted octanol–water partition coefficient (Wildman–Crippen LogP) is 4.31. The third-order valence-electron chi connectivity index (χ3n) is 4.97. The molecule has 1 aliphatic rings. The first kappa shape index (κ1) is 17.6. The standard InChI is InChI=1S/C21H20ClN3O2/c22-16-8-2-4-10-18(16)24-20(26)15-7-5-11-25(13-15)21(27)19-12-14-6-1-3-9-17(14)23-19/h1-4,6,8-10,12,15,23H,5,7,11,13H2,(H,24,26). The number of amides is 2. The van der Waals surface area contributed by atoms with Crippen LogP contribution in [0.2, 0.25) is 5.02 Å². The summed E-state index contributed by atoms with van der Waals surface area (Å²) in [6.07, 6.45) is 1.55. The zero-order valence-corrected chi connectivity index (χ0v) is 15.5. The van der Waals surface area contributed by atoms with Gasteiger partial charge in [-0.05, 0) is 37.1 Å². The lowest BCUT2D eigenvalue weighted by Crippen LogP contribution is -2.43. The number of likely N-dealkylation sites (tertiary alicyclic amines) is 1. The first-order valence-corrected chi connectivity index (χ1v) is 9.42. The maximum absolute atomic E-state index is 12.9. The number of aromatic nitrogens is 1. The van der Waals surface area contributed by atoms with Crippen LogP contribution in [0.25, 0.3) is 10.9 Å². The largest absolute Gasteiger partial charge is 0.351 e. The Morgan fingerprint density at radius 3 is 2.70 bits per heavy atom. The Bertz CT molecular complexity index is 965. The van der Waals surface area contributed by atoms with Gasteiger partial charge >= 0.3 is 0 Å². The molecule has 1 saturated heterocycles. The molecule has 0 bridgehead atoms. The van der Waals surface area contributed by atoms with E-state index < -0.39 is 0 Å². The van der Waals surface area contributed by atoms with Crippen molar-refractivity contribution in [3.63, 3.8) is 0 Å². The molecule has 1 aliphatic heterocycles. The second-order valence-electron chi connectivity index (χ2n) is 6.83. The molecule has 1 unspecified atom stereocenters. The van der Waals surface area contributed by atoms with E-state index in [9.17, 15) is 9.59 Å². The lowest BCUT2D eigenvalue weighted by molar-refractivity contribution is -0.121. The first-order chi connectivity index (χ1) is 13.1. The summed E-state index contributed by atoms with van der Waals surface area (Å²) in [6, 6.07) is 16.8.